The van der Waals surface area contributed by atoms with Crippen LogP contribution in [0.25, 0.3) is 10.9 Å². The summed E-state index contributed by atoms with van der Waals surface area (Å²) >= 11 is 0. The molecule has 3 heterocycles. The molecule has 17 nitrogen and oxygen atoms in total. The van der Waals surface area contributed by atoms with Crippen LogP contribution in [0.4, 0.5) is 8.78 Å². The van der Waals surface area contributed by atoms with Crippen LogP contribution in [0.2, 0.25) is 0 Å². The molecule has 332 valence electrons. The third kappa shape index (κ3) is 10.2. The lowest BCUT2D eigenvalue weighted by Gasteiger charge is -2.30. The molecule has 0 unspecified atom stereocenters. The van der Waals surface area contributed by atoms with E-state index in [1.807, 2.05) is 32.9 Å². The molecule has 2 aliphatic carbocycles. The Balaban J connectivity index is 1.34. The number of sulfonamides is 1. The van der Waals surface area contributed by atoms with Crippen LogP contribution in [0.15, 0.2) is 35.5 Å². The molecular formula is C41H54F2N8O9S. The Morgan fingerprint density at radius 2 is 1.92 bits per heavy atom. The Hall–Kier alpha value is -5.40. The summed E-state index contributed by atoms with van der Waals surface area (Å²) < 4.78 is 70.8. The lowest BCUT2D eigenvalue weighted by molar-refractivity contribution is -0.142. The zero-order chi connectivity index (χ0) is 44.3. The van der Waals surface area contributed by atoms with Crippen molar-refractivity contribution in [2.24, 2.45) is 11.0 Å². The van der Waals surface area contributed by atoms with Crippen LogP contribution in [0.5, 0.6) is 17.4 Å². The first-order valence-corrected chi connectivity index (χ1v) is 22.0. The fourth-order valence-electron chi connectivity index (χ4n) is 7.63. The summed E-state index contributed by atoms with van der Waals surface area (Å²) in [6.07, 6.45) is 4.06. The van der Waals surface area contributed by atoms with Crippen molar-refractivity contribution in [2.45, 2.75) is 126 Å². The third-order valence-corrected chi connectivity index (χ3v) is 13.7. The van der Waals surface area contributed by atoms with Gasteiger partial charge in [0.05, 0.1) is 42.8 Å². The summed E-state index contributed by atoms with van der Waals surface area (Å²) in [6, 6.07) is 2.68. The number of carbonyl (C=O) groups excluding carboxylic acids is 4. The maximum absolute atomic E-state index is 14.7. The van der Waals surface area contributed by atoms with Gasteiger partial charge in [-0.25, -0.2) is 22.2 Å². The Morgan fingerprint density at radius 3 is 2.61 bits per heavy atom. The van der Waals surface area contributed by atoms with E-state index < -0.39 is 86.7 Å². The van der Waals surface area contributed by atoms with Gasteiger partial charge in [0.15, 0.2) is 0 Å². The highest BCUT2D eigenvalue weighted by atomic mass is 32.2. The van der Waals surface area contributed by atoms with Crippen molar-refractivity contribution in [1.29, 1.82) is 5.41 Å². The third-order valence-electron chi connectivity index (χ3n) is 11.5. The van der Waals surface area contributed by atoms with Gasteiger partial charge in [0, 0.05) is 29.4 Å². The largest absolute Gasteiger partial charge is 0.496 e. The molecular weight excluding hydrogens is 819 g/mol. The van der Waals surface area contributed by atoms with Crippen LogP contribution in [0, 0.1) is 18.3 Å². The molecule has 3 fully saturated rings. The van der Waals surface area contributed by atoms with E-state index in [2.05, 4.69) is 25.9 Å². The number of carbonyl (C=O) groups is 4. The van der Waals surface area contributed by atoms with Gasteiger partial charge in [0.25, 0.3) is 18.2 Å². The molecule has 1 aromatic carbocycles. The Morgan fingerprint density at radius 1 is 1.16 bits per heavy atom. The molecule has 4 amide bonds. The summed E-state index contributed by atoms with van der Waals surface area (Å²) in [6.45, 7) is 6.15. The zero-order valence-corrected chi connectivity index (χ0v) is 35.7. The van der Waals surface area contributed by atoms with Crippen molar-refractivity contribution < 1.29 is 50.6 Å². The van der Waals surface area contributed by atoms with Crippen LogP contribution < -0.4 is 35.0 Å². The van der Waals surface area contributed by atoms with E-state index in [-0.39, 0.29) is 37.8 Å². The Kier molecular flexibility index (Phi) is 13.5. The van der Waals surface area contributed by atoms with Crippen LogP contribution >= 0.6 is 0 Å². The average Bonchev–Trinajstić information content (AvgIpc) is 4.08. The van der Waals surface area contributed by atoms with Crippen molar-refractivity contribution in [3.05, 3.63) is 35.9 Å². The highest BCUT2D eigenvalue weighted by Crippen LogP contribution is 2.47. The molecule has 5 N–H and O–H groups in total. The molecule has 6 rings (SSSR count). The number of hydrazone groups is 1. The van der Waals surface area contributed by atoms with Crippen molar-refractivity contribution in [3.63, 3.8) is 0 Å². The van der Waals surface area contributed by atoms with Crippen LogP contribution in [0.1, 0.15) is 84.1 Å². The summed E-state index contributed by atoms with van der Waals surface area (Å²) in [5, 5.41) is 17.7. The number of benzene rings is 1. The second-order valence-electron chi connectivity index (χ2n) is 16.6. The van der Waals surface area contributed by atoms with E-state index in [0.717, 1.165) is 11.8 Å². The van der Waals surface area contributed by atoms with Gasteiger partial charge in [0.1, 0.15) is 40.9 Å². The first-order chi connectivity index (χ1) is 28.9. The van der Waals surface area contributed by atoms with Crippen molar-refractivity contribution in [2.75, 3.05) is 20.2 Å². The molecule has 1 saturated heterocycles. The number of aromatic nitrogens is 1. The molecule has 61 heavy (non-hydrogen) atoms. The van der Waals surface area contributed by atoms with Crippen LogP contribution in [-0.2, 0) is 29.2 Å². The topological polar surface area (TPSA) is 231 Å². The van der Waals surface area contributed by atoms with Gasteiger partial charge in [-0.1, -0.05) is 25.0 Å². The molecule has 0 bridgehead atoms. The van der Waals surface area contributed by atoms with Gasteiger partial charge in [-0.15, -0.1) is 0 Å². The van der Waals surface area contributed by atoms with Crippen molar-refractivity contribution >= 4 is 56.5 Å². The van der Waals surface area contributed by atoms with E-state index in [0.29, 0.717) is 60.9 Å². The number of methoxy groups -OCH3 is 1. The summed E-state index contributed by atoms with van der Waals surface area (Å²) in [5.74, 6) is -2.55. The standard InChI is InChI=1S/C41H54F2N8O9S/c1-23(2)59-34-18-32(27-13-14-31(58-5)24(3)35(27)48-34)60-26-17-30-37(53)49-41(39(55)50-61(56,57)40(4)15-16-40)19-25(41)11-9-7-6-8-10-12-29(38(54)51(30)22-26)47-36(52)28(44)20-45-46-21-33(42)43/h9,11,13-14,18,20,23,25-26,29-30,33,44,46H,6-8,10,12,15-17,19,21-22H2,1-5H3,(H,47,52)(H,49,53)(H,50,55)/b11-9-,44-28?,45-20-/t25-,26-,29+,30+,41-/m1/s1. The summed E-state index contributed by atoms with van der Waals surface area (Å²) in [7, 11) is -2.52. The number of rotatable bonds is 14. The van der Waals surface area contributed by atoms with Crippen LogP contribution in [0.3, 0.4) is 0 Å². The van der Waals surface area contributed by atoms with Crippen molar-refractivity contribution in [1.82, 2.24) is 30.7 Å². The van der Waals surface area contributed by atoms with Gasteiger partial charge in [-0.2, -0.15) is 5.10 Å². The molecule has 0 radical (unpaired) electrons. The number of ether oxygens (including phenoxy) is 3. The maximum Gasteiger partial charge on any atom is 0.271 e. The molecule has 1 aromatic heterocycles. The van der Waals surface area contributed by atoms with E-state index in [4.69, 9.17) is 24.6 Å². The molecule has 5 atom stereocenters. The van der Waals surface area contributed by atoms with Gasteiger partial charge >= 0.3 is 0 Å². The van der Waals surface area contributed by atoms with E-state index in [9.17, 15) is 36.4 Å². The molecule has 2 aromatic rings. The summed E-state index contributed by atoms with van der Waals surface area (Å²) in [5.41, 5.74) is 1.01. The minimum Gasteiger partial charge on any atom is -0.496 e. The highest BCUT2D eigenvalue weighted by Gasteiger charge is 2.63. The smallest absolute Gasteiger partial charge is 0.271 e. The molecule has 20 heteroatoms. The zero-order valence-electron chi connectivity index (χ0n) is 34.9. The number of pyridine rings is 1. The first kappa shape index (κ1) is 45.1. The van der Waals surface area contributed by atoms with Crippen LogP contribution in [-0.4, -0.2) is 115 Å². The predicted molar refractivity (Wildman–Crippen MR) is 221 cm³/mol. The Labute approximate surface area is 353 Å². The number of nitrogens with zero attached hydrogens (tertiary/aromatic N) is 3. The second-order valence-corrected chi connectivity index (χ2v) is 18.8. The number of allylic oxidation sites excluding steroid dienone is 1. The minimum absolute atomic E-state index is 0.0651. The number of hydrogen-bond acceptors (Lipinski definition) is 13. The van der Waals surface area contributed by atoms with E-state index in [1.165, 1.54) is 4.90 Å². The van der Waals surface area contributed by atoms with Crippen molar-refractivity contribution in [3.8, 4) is 17.4 Å². The number of hydrogen-bond donors (Lipinski definition) is 5. The number of nitrogens with one attached hydrogen (secondary N) is 5. The lowest BCUT2D eigenvalue weighted by atomic mass is 10.0. The number of alkyl halides is 2. The lowest BCUT2D eigenvalue weighted by Crippen LogP contribution is -2.59. The first-order valence-electron chi connectivity index (χ1n) is 20.5. The van der Waals surface area contributed by atoms with Gasteiger partial charge in [-0.3, -0.25) is 29.3 Å². The monoisotopic (exact) mass is 872 g/mol. The Bertz CT molecular complexity index is 2220. The fraction of sp³-hybridized carbons (Fsp3) is 0.585. The number of fused-ring (bicyclic) bond motifs is 3. The predicted octanol–water partition coefficient (Wildman–Crippen LogP) is 3.43. The molecule has 4 aliphatic rings. The fourth-order valence-corrected chi connectivity index (χ4v) is 8.94. The normalized spacial score (nSPS) is 25.8. The SMILES string of the molecule is COc1ccc2c(O[C@@H]3C[C@H]4C(=O)N[C@]5(C(=O)NS(=O)(=O)C6(C)CC6)C[C@H]5/C=C\CCCCC[C@H](NC(=O)C(=N)/C=N\NCC(F)F)C(=O)N4C3)cc(OC(C)C)nc2c1C. The number of aryl methyl sites for hydroxylation is 1. The molecule has 2 saturated carbocycles. The van der Waals surface area contributed by atoms with E-state index >= 15 is 0 Å². The molecule has 0 spiro atoms. The maximum atomic E-state index is 14.7. The molecule has 2 aliphatic heterocycles. The second kappa shape index (κ2) is 18.3. The average molecular weight is 873 g/mol. The van der Waals surface area contributed by atoms with E-state index in [1.54, 1.807) is 32.2 Å². The highest BCUT2D eigenvalue weighted by molar-refractivity contribution is 7.91. The van der Waals surface area contributed by atoms with Gasteiger partial charge < -0.3 is 35.2 Å². The minimum atomic E-state index is -4.06. The van der Waals surface area contributed by atoms with Gasteiger partial charge in [-0.05, 0) is 78.4 Å². The summed E-state index contributed by atoms with van der Waals surface area (Å²) in [4.78, 5) is 62.4. The number of amides is 4. The quantitative estimate of drug-likeness (QED) is 0.105. The van der Waals surface area contributed by atoms with Gasteiger partial charge in [0.2, 0.25) is 27.7 Å². The number of halogens is 2.